The zero-order chi connectivity index (χ0) is 12.6. The molecular weight excluding hydrogens is 289 g/mol. The highest BCUT2D eigenvalue weighted by Crippen LogP contribution is 2.26. The number of likely N-dealkylation sites (tertiary alicyclic amines) is 1. The largest absolute Gasteiger partial charge is 0.278 e. The van der Waals surface area contributed by atoms with Crippen molar-refractivity contribution in [3.63, 3.8) is 0 Å². The molecule has 1 heterocycles. The van der Waals surface area contributed by atoms with Crippen LogP contribution in [0, 0.1) is 11.7 Å². The van der Waals surface area contributed by atoms with E-state index in [-0.39, 0.29) is 30.7 Å². The van der Waals surface area contributed by atoms with E-state index in [0.29, 0.717) is 10.0 Å². The zero-order valence-corrected chi connectivity index (χ0v) is 10.8. The summed E-state index contributed by atoms with van der Waals surface area (Å²) in [6.07, 6.45) is 0.242. The minimum atomic E-state index is -0.394. The molecule has 1 saturated heterocycles. The average molecular weight is 300 g/mol. The van der Waals surface area contributed by atoms with E-state index in [2.05, 4.69) is 15.9 Å². The summed E-state index contributed by atoms with van der Waals surface area (Å²) in [5, 5.41) is 0. The summed E-state index contributed by atoms with van der Waals surface area (Å²) in [4.78, 5) is 24.5. The fourth-order valence-corrected chi connectivity index (χ4v) is 2.25. The zero-order valence-electron chi connectivity index (χ0n) is 9.24. The summed E-state index contributed by atoms with van der Waals surface area (Å²) in [7, 11) is 0. The molecule has 1 aliphatic heterocycles. The van der Waals surface area contributed by atoms with Gasteiger partial charge in [-0.15, -0.1) is 0 Å². The fraction of sp³-hybridized carbons (Fsp3) is 0.333. The lowest BCUT2D eigenvalue weighted by atomic mass is 10.1. The van der Waals surface area contributed by atoms with Crippen molar-refractivity contribution < 1.29 is 14.0 Å². The molecule has 90 valence electrons. The van der Waals surface area contributed by atoms with Gasteiger partial charge in [-0.1, -0.05) is 19.1 Å². The molecule has 2 amide bonds. The van der Waals surface area contributed by atoms with Crippen molar-refractivity contribution in [2.75, 3.05) is 0 Å². The maximum Gasteiger partial charge on any atom is 0.232 e. The van der Waals surface area contributed by atoms with Gasteiger partial charge in [0.15, 0.2) is 0 Å². The van der Waals surface area contributed by atoms with E-state index < -0.39 is 5.82 Å². The lowest BCUT2D eigenvalue weighted by Crippen LogP contribution is -2.29. The van der Waals surface area contributed by atoms with Crippen molar-refractivity contribution in [2.45, 2.75) is 19.9 Å². The van der Waals surface area contributed by atoms with Gasteiger partial charge in [0.1, 0.15) is 5.82 Å². The van der Waals surface area contributed by atoms with E-state index in [0.717, 1.165) is 0 Å². The highest BCUT2D eigenvalue weighted by Gasteiger charge is 2.35. The van der Waals surface area contributed by atoms with Crippen LogP contribution in [0.4, 0.5) is 4.39 Å². The first-order valence-corrected chi connectivity index (χ1v) is 6.07. The second-order valence-corrected chi connectivity index (χ2v) is 4.93. The van der Waals surface area contributed by atoms with Crippen LogP contribution in [-0.2, 0) is 16.1 Å². The van der Waals surface area contributed by atoms with Crippen LogP contribution in [0.3, 0.4) is 0 Å². The van der Waals surface area contributed by atoms with Gasteiger partial charge >= 0.3 is 0 Å². The Labute approximate surface area is 107 Å². The van der Waals surface area contributed by atoms with Crippen molar-refractivity contribution in [2.24, 2.45) is 5.92 Å². The third-order valence-electron chi connectivity index (χ3n) is 2.83. The first-order chi connectivity index (χ1) is 8.00. The van der Waals surface area contributed by atoms with Gasteiger partial charge in [0.05, 0.1) is 11.0 Å². The Morgan fingerprint density at radius 3 is 2.76 bits per heavy atom. The summed E-state index contributed by atoms with van der Waals surface area (Å²) < 4.78 is 13.6. The van der Waals surface area contributed by atoms with Gasteiger partial charge in [-0.2, -0.15) is 0 Å². The number of carbonyl (C=O) groups excluding carboxylic acids is 2. The van der Waals surface area contributed by atoms with E-state index in [1.165, 1.54) is 11.0 Å². The smallest absolute Gasteiger partial charge is 0.232 e. The molecule has 0 saturated carbocycles. The van der Waals surface area contributed by atoms with Crippen LogP contribution in [0.15, 0.2) is 22.7 Å². The van der Waals surface area contributed by atoms with Crippen LogP contribution >= 0.6 is 15.9 Å². The number of imide groups is 1. The Morgan fingerprint density at radius 2 is 2.18 bits per heavy atom. The molecule has 17 heavy (non-hydrogen) atoms. The van der Waals surface area contributed by atoms with Crippen LogP contribution in [0.25, 0.3) is 0 Å². The highest BCUT2D eigenvalue weighted by atomic mass is 79.9. The predicted molar refractivity (Wildman–Crippen MR) is 63.4 cm³/mol. The Kier molecular flexibility index (Phi) is 3.28. The summed E-state index contributed by atoms with van der Waals surface area (Å²) in [6.45, 7) is 1.85. The Balaban J connectivity index is 2.24. The van der Waals surface area contributed by atoms with Crippen molar-refractivity contribution in [1.82, 2.24) is 4.90 Å². The van der Waals surface area contributed by atoms with Crippen LogP contribution in [0.5, 0.6) is 0 Å². The third-order valence-corrected chi connectivity index (χ3v) is 3.72. The number of amides is 2. The number of nitrogens with zero attached hydrogens (tertiary/aromatic N) is 1. The van der Waals surface area contributed by atoms with Gasteiger partial charge < -0.3 is 0 Å². The third kappa shape index (κ3) is 2.24. The van der Waals surface area contributed by atoms with Crippen molar-refractivity contribution in [3.8, 4) is 0 Å². The molecule has 5 heteroatoms. The van der Waals surface area contributed by atoms with E-state index in [4.69, 9.17) is 0 Å². The molecule has 1 fully saturated rings. The molecule has 1 aromatic rings. The number of carbonyl (C=O) groups is 2. The molecular formula is C12H11BrFNO2. The summed E-state index contributed by atoms with van der Waals surface area (Å²) in [6, 6.07) is 4.57. The van der Waals surface area contributed by atoms with E-state index in [9.17, 15) is 14.0 Å². The van der Waals surface area contributed by atoms with E-state index in [1.54, 1.807) is 19.1 Å². The minimum absolute atomic E-state index is 0.125. The minimum Gasteiger partial charge on any atom is -0.278 e. The van der Waals surface area contributed by atoms with Gasteiger partial charge in [0.2, 0.25) is 11.8 Å². The number of rotatable bonds is 2. The van der Waals surface area contributed by atoms with Crippen LogP contribution in [-0.4, -0.2) is 16.7 Å². The van der Waals surface area contributed by atoms with Crippen LogP contribution in [0.2, 0.25) is 0 Å². The molecule has 0 aliphatic carbocycles. The second-order valence-electron chi connectivity index (χ2n) is 4.14. The topological polar surface area (TPSA) is 37.4 Å². The lowest BCUT2D eigenvalue weighted by molar-refractivity contribution is -0.139. The van der Waals surface area contributed by atoms with Crippen LogP contribution in [0.1, 0.15) is 18.9 Å². The molecule has 1 aromatic carbocycles. The van der Waals surface area contributed by atoms with E-state index in [1.807, 2.05) is 0 Å². The fourth-order valence-electron chi connectivity index (χ4n) is 1.86. The van der Waals surface area contributed by atoms with Crippen LogP contribution < -0.4 is 0 Å². The number of benzene rings is 1. The first kappa shape index (κ1) is 12.2. The van der Waals surface area contributed by atoms with Gasteiger partial charge in [0, 0.05) is 12.3 Å². The molecule has 0 spiro atoms. The average Bonchev–Trinajstić information content (AvgIpc) is 2.51. The van der Waals surface area contributed by atoms with E-state index >= 15 is 0 Å². The molecule has 3 nitrogen and oxygen atoms in total. The summed E-state index contributed by atoms with van der Waals surface area (Å²) >= 11 is 3.12. The van der Waals surface area contributed by atoms with Gasteiger partial charge in [-0.3, -0.25) is 14.5 Å². The molecule has 0 radical (unpaired) electrons. The van der Waals surface area contributed by atoms with Gasteiger partial charge in [0.25, 0.3) is 0 Å². The molecule has 0 N–H and O–H groups in total. The Morgan fingerprint density at radius 1 is 1.47 bits per heavy atom. The van der Waals surface area contributed by atoms with Gasteiger partial charge in [-0.05, 0) is 27.6 Å². The number of hydrogen-bond donors (Lipinski definition) is 0. The molecule has 1 unspecified atom stereocenters. The van der Waals surface area contributed by atoms with Crippen molar-refractivity contribution in [3.05, 3.63) is 34.1 Å². The molecule has 0 bridgehead atoms. The standard InChI is InChI=1S/C12H11BrFNO2/c1-7-5-10(16)15(12(7)17)6-8-3-2-4-9(14)11(8)13/h2-4,7H,5-6H2,1H3. The number of hydrogen-bond acceptors (Lipinski definition) is 2. The van der Waals surface area contributed by atoms with Crippen molar-refractivity contribution in [1.29, 1.82) is 0 Å². The quantitative estimate of drug-likeness (QED) is 0.787. The Hall–Kier alpha value is -1.23. The second kappa shape index (κ2) is 4.56. The molecule has 0 aromatic heterocycles. The highest BCUT2D eigenvalue weighted by molar-refractivity contribution is 9.10. The first-order valence-electron chi connectivity index (χ1n) is 5.28. The SMILES string of the molecule is CC1CC(=O)N(Cc2cccc(F)c2Br)C1=O. The number of halogens is 2. The molecule has 2 rings (SSSR count). The predicted octanol–water partition coefficient (Wildman–Crippen LogP) is 2.48. The monoisotopic (exact) mass is 299 g/mol. The summed E-state index contributed by atoms with van der Waals surface area (Å²) in [5.41, 5.74) is 0.598. The normalized spacial score (nSPS) is 20.2. The van der Waals surface area contributed by atoms with Gasteiger partial charge in [-0.25, -0.2) is 4.39 Å². The summed E-state index contributed by atoms with van der Waals surface area (Å²) in [5.74, 6) is -1.05. The van der Waals surface area contributed by atoms with Crippen molar-refractivity contribution >= 4 is 27.7 Å². The molecule has 1 atom stereocenters. The maximum absolute atomic E-state index is 13.3. The maximum atomic E-state index is 13.3. The molecule has 1 aliphatic rings. The lowest BCUT2D eigenvalue weighted by Gasteiger charge is -2.15. The Bertz CT molecular complexity index is 489.